The Morgan fingerprint density at radius 3 is 2.27 bits per heavy atom. The Bertz CT molecular complexity index is 1160. The van der Waals surface area contributed by atoms with E-state index < -0.39 is 24.4 Å². The van der Waals surface area contributed by atoms with E-state index in [1.165, 1.54) is 26.4 Å². The second-order valence-electron chi connectivity index (χ2n) is 6.84. The number of rotatable bonds is 7. The first kappa shape index (κ1) is 23.3. The van der Waals surface area contributed by atoms with Gasteiger partial charge in [-0.1, -0.05) is 30.3 Å². The number of aromatic nitrogens is 1. The molecule has 0 aliphatic heterocycles. The van der Waals surface area contributed by atoms with Crippen LogP contribution in [0, 0.1) is 6.92 Å². The lowest BCUT2D eigenvalue weighted by atomic mass is 10.1. The van der Waals surface area contributed by atoms with Gasteiger partial charge in [0.15, 0.2) is 18.1 Å². The van der Waals surface area contributed by atoms with Crippen LogP contribution in [0.25, 0.3) is 11.3 Å². The molecule has 0 bridgehead atoms. The molecule has 1 heterocycles. The molecule has 2 aromatic carbocycles. The van der Waals surface area contributed by atoms with Gasteiger partial charge in [-0.3, -0.25) is 25.4 Å². The van der Waals surface area contributed by atoms with Crippen LogP contribution in [-0.2, 0) is 9.53 Å². The minimum atomic E-state index is -0.705. The van der Waals surface area contributed by atoms with E-state index in [0.29, 0.717) is 17.2 Å². The van der Waals surface area contributed by atoms with Crippen LogP contribution >= 0.6 is 0 Å². The number of ether oxygens (including phenoxy) is 3. The van der Waals surface area contributed by atoms with Crippen LogP contribution in [0.3, 0.4) is 0 Å². The number of hydrazine groups is 1. The van der Waals surface area contributed by atoms with Crippen molar-refractivity contribution in [3.05, 3.63) is 77.5 Å². The number of amides is 2. The molecule has 0 radical (unpaired) electrons. The zero-order valence-electron chi connectivity index (χ0n) is 18.4. The Labute approximate surface area is 190 Å². The Hall–Kier alpha value is -4.40. The summed E-state index contributed by atoms with van der Waals surface area (Å²) >= 11 is 0. The van der Waals surface area contributed by atoms with Crippen LogP contribution in [-0.4, -0.2) is 43.6 Å². The van der Waals surface area contributed by atoms with Crippen molar-refractivity contribution >= 4 is 17.8 Å². The minimum absolute atomic E-state index is 0.241. The molecule has 33 heavy (non-hydrogen) atoms. The van der Waals surface area contributed by atoms with Gasteiger partial charge in [-0.25, -0.2) is 4.79 Å². The highest BCUT2D eigenvalue weighted by Gasteiger charge is 2.16. The highest BCUT2D eigenvalue weighted by molar-refractivity contribution is 5.96. The largest absolute Gasteiger partial charge is 0.493 e. The number of benzene rings is 2. The van der Waals surface area contributed by atoms with Crippen LogP contribution in [0.15, 0.2) is 60.7 Å². The van der Waals surface area contributed by atoms with Crippen LogP contribution in [0.2, 0.25) is 0 Å². The summed E-state index contributed by atoms with van der Waals surface area (Å²) in [5.41, 5.74) is 7.05. The fourth-order valence-corrected chi connectivity index (χ4v) is 2.97. The van der Waals surface area contributed by atoms with Gasteiger partial charge in [0.1, 0.15) is 0 Å². The lowest BCUT2D eigenvalue weighted by molar-refractivity contribution is -0.125. The Balaban J connectivity index is 1.52. The van der Waals surface area contributed by atoms with E-state index in [9.17, 15) is 14.4 Å². The molecule has 0 aliphatic rings. The van der Waals surface area contributed by atoms with Gasteiger partial charge in [0.05, 0.1) is 31.2 Å². The third kappa shape index (κ3) is 5.85. The summed E-state index contributed by atoms with van der Waals surface area (Å²) in [6.45, 7) is 1.11. The summed E-state index contributed by atoms with van der Waals surface area (Å²) in [4.78, 5) is 41.0. The van der Waals surface area contributed by atoms with Gasteiger partial charge in [0.2, 0.25) is 0 Å². The van der Waals surface area contributed by atoms with Crippen molar-refractivity contribution in [1.29, 1.82) is 0 Å². The molecule has 0 spiro atoms. The Morgan fingerprint density at radius 2 is 1.61 bits per heavy atom. The number of nitrogens with one attached hydrogen (secondary N) is 2. The molecule has 0 saturated heterocycles. The normalized spacial score (nSPS) is 10.2. The standard InChI is InChI=1S/C24H23N3O6/c1-15-18(10-11-19(25-15)16-7-5-4-6-8-16)24(30)33-14-22(28)26-27-23(29)17-9-12-20(31-2)21(13-17)32-3/h4-13H,14H2,1-3H3,(H,26,28)(H,27,29). The van der Waals surface area contributed by atoms with E-state index in [-0.39, 0.29) is 11.1 Å². The summed E-state index contributed by atoms with van der Waals surface area (Å²) in [6.07, 6.45) is 0. The molecular weight excluding hydrogens is 426 g/mol. The van der Waals surface area contributed by atoms with E-state index in [0.717, 1.165) is 11.3 Å². The number of carbonyl (C=O) groups excluding carboxylic acids is 3. The van der Waals surface area contributed by atoms with E-state index in [4.69, 9.17) is 14.2 Å². The zero-order chi connectivity index (χ0) is 23.8. The number of esters is 1. The van der Waals surface area contributed by atoms with Gasteiger partial charge >= 0.3 is 5.97 Å². The lowest BCUT2D eigenvalue weighted by Gasteiger charge is -2.11. The number of hydrogen-bond donors (Lipinski definition) is 2. The summed E-state index contributed by atoms with van der Waals surface area (Å²) in [5, 5.41) is 0. The first-order valence-electron chi connectivity index (χ1n) is 9.94. The number of carbonyl (C=O) groups is 3. The summed E-state index contributed by atoms with van der Waals surface area (Å²) < 4.78 is 15.3. The van der Waals surface area contributed by atoms with Crippen molar-refractivity contribution in [2.75, 3.05) is 20.8 Å². The van der Waals surface area contributed by atoms with Gasteiger partial charge in [0, 0.05) is 11.1 Å². The quantitative estimate of drug-likeness (QED) is 0.421. The van der Waals surface area contributed by atoms with Gasteiger partial charge in [-0.2, -0.15) is 0 Å². The monoisotopic (exact) mass is 449 g/mol. The minimum Gasteiger partial charge on any atom is -0.493 e. The number of methoxy groups -OCH3 is 2. The predicted octanol–water partition coefficient (Wildman–Crippen LogP) is 2.69. The highest BCUT2D eigenvalue weighted by Crippen LogP contribution is 2.27. The molecule has 9 nitrogen and oxygen atoms in total. The van der Waals surface area contributed by atoms with E-state index >= 15 is 0 Å². The average molecular weight is 449 g/mol. The van der Waals surface area contributed by atoms with Crippen molar-refractivity contribution in [3.63, 3.8) is 0 Å². The van der Waals surface area contributed by atoms with Crippen molar-refractivity contribution in [1.82, 2.24) is 15.8 Å². The fraction of sp³-hybridized carbons (Fsp3) is 0.167. The summed E-state index contributed by atoms with van der Waals surface area (Å²) in [7, 11) is 2.93. The third-order valence-electron chi connectivity index (χ3n) is 4.67. The second-order valence-corrected chi connectivity index (χ2v) is 6.84. The molecule has 1 aromatic heterocycles. The maximum absolute atomic E-state index is 12.4. The molecule has 0 saturated carbocycles. The van der Waals surface area contributed by atoms with E-state index in [1.54, 1.807) is 25.1 Å². The van der Waals surface area contributed by atoms with Crippen LogP contribution in [0.4, 0.5) is 0 Å². The molecule has 0 aliphatic carbocycles. The maximum atomic E-state index is 12.4. The third-order valence-corrected chi connectivity index (χ3v) is 4.67. The molecule has 0 atom stereocenters. The predicted molar refractivity (Wildman–Crippen MR) is 120 cm³/mol. The Morgan fingerprint density at radius 1 is 0.879 bits per heavy atom. The van der Waals surface area contributed by atoms with Crippen molar-refractivity contribution < 1.29 is 28.6 Å². The summed E-state index contributed by atoms with van der Waals surface area (Å²) in [6, 6.07) is 17.4. The molecule has 2 N–H and O–H groups in total. The molecule has 3 rings (SSSR count). The van der Waals surface area contributed by atoms with Crippen molar-refractivity contribution in [2.45, 2.75) is 6.92 Å². The molecule has 2 amide bonds. The van der Waals surface area contributed by atoms with Crippen molar-refractivity contribution in [2.24, 2.45) is 0 Å². The van der Waals surface area contributed by atoms with Gasteiger partial charge in [0.25, 0.3) is 11.8 Å². The first-order chi connectivity index (χ1) is 15.9. The van der Waals surface area contributed by atoms with Gasteiger partial charge < -0.3 is 14.2 Å². The summed E-state index contributed by atoms with van der Waals surface area (Å²) in [5.74, 6) is -1.14. The molecule has 0 unspecified atom stereocenters. The molecule has 170 valence electrons. The van der Waals surface area contributed by atoms with Crippen LogP contribution in [0.1, 0.15) is 26.4 Å². The number of pyridine rings is 1. The molecule has 3 aromatic rings. The molecule has 9 heteroatoms. The number of aryl methyl sites for hydroxylation is 1. The second kappa shape index (κ2) is 10.8. The number of nitrogens with zero attached hydrogens (tertiary/aromatic N) is 1. The fourth-order valence-electron chi connectivity index (χ4n) is 2.97. The Kier molecular flexibility index (Phi) is 7.59. The maximum Gasteiger partial charge on any atom is 0.340 e. The van der Waals surface area contributed by atoms with E-state index in [1.807, 2.05) is 30.3 Å². The smallest absolute Gasteiger partial charge is 0.340 e. The van der Waals surface area contributed by atoms with E-state index in [2.05, 4.69) is 15.8 Å². The van der Waals surface area contributed by atoms with Gasteiger partial charge in [-0.15, -0.1) is 0 Å². The molecular formula is C24H23N3O6. The van der Waals surface area contributed by atoms with Crippen molar-refractivity contribution in [3.8, 4) is 22.8 Å². The number of hydrogen-bond acceptors (Lipinski definition) is 7. The lowest BCUT2D eigenvalue weighted by Crippen LogP contribution is -2.43. The average Bonchev–Trinajstić information content (AvgIpc) is 2.85. The van der Waals surface area contributed by atoms with Crippen LogP contribution in [0.5, 0.6) is 11.5 Å². The van der Waals surface area contributed by atoms with Gasteiger partial charge in [-0.05, 0) is 37.3 Å². The zero-order valence-corrected chi connectivity index (χ0v) is 18.4. The topological polar surface area (TPSA) is 116 Å². The highest BCUT2D eigenvalue weighted by atomic mass is 16.5. The SMILES string of the molecule is COc1ccc(C(=O)NNC(=O)COC(=O)c2ccc(-c3ccccc3)nc2C)cc1OC. The first-order valence-corrected chi connectivity index (χ1v) is 9.94. The molecule has 0 fully saturated rings. The van der Waals surface area contributed by atoms with Crippen LogP contribution < -0.4 is 20.3 Å².